The summed E-state index contributed by atoms with van der Waals surface area (Å²) in [4.78, 5) is 31.0. The summed E-state index contributed by atoms with van der Waals surface area (Å²) < 4.78 is 1.48. The highest BCUT2D eigenvalue weighted by atomic mass is 16.3. The van der Waals surface area contributed by atoms with Crippen LogP contribution in [0.1, 0.15) is 60.6 Å². The summed E-state index contributed by atoms with van der Waals surface area (Å²) in [6.45, 7) is 4.86. The number of hydrogen-bond acceptors (Lipinski definition) is 4. The van der Waals surface area contributed by atoms with Gasteiger partial charge in [-0.05, 0) is 103 Å². The molecule has 1 spiro atoms. The van der Waals surface area contributed by atoms with E-state index >= 15 is 0 Å². The van der Waals surface area contributed by atoms with E-state index in [0.29, 0.717) is 29.3 Å². The molecule has 4 saturated carbocycles. The third kappa shape index (κ3) is 2.47. The molecule has 1 N–H and O–H groups in total. The summed E-state index contributed by atoms with van der Waals surface area (Å²) in [7, 11) is 3.65. The van der Waals surface area contributed by atoms with Gasteiger partial charge in [0.05, 0.1) is 0 Å². The second kappa shape index (κ2) is 6.88. The molecule has 7 atom stereocenters. The first-order valence-corrected chi connectivity index (χ1v) is 14.2. The van der Waals surface area contributed by atoms with Crippen molar-refractivity contribution in [3.8, 4) is 5.75 Å². The summed E-state index contributed by atoms with van der Waals surface area (Å²) in [6, 6.07) is 11.8. The number of nitrogens with zero attached hydrogens (tertiary/aromatic N) is 3. The van der Waals surface area contributed by atoms with Gasteiger partial charge in [-0.2, -0.15) is 0 Å². The third-order valence-electron chi connectivity index (χ3n) is 12.2. The van der Waals surface area contributed by atoms with E-state index < -0.39 is 0 Å². The number of benzene rings is 1. The smallest absolute Gasteiger partial charge is 0.270 e. The van der Waals surface area contributed by atoms with Gasteiger partial charge >= 0.3 is 0 Å². The summed E-state index contributed by atoms with van der Waals surface area (Å²) >= 11 is 0. The molecule has 5 fully saturated rings. The SMILES string of the molecule is CN(C(=O)c1cccc(=O)n1C)C1C2CC34CC2(C)C1C31CCN(CC2CC2)C4Cc2ccc(O)cc21. The number of carbonyl (C=O) groups excluding carboxylic acids is 1. The predicted molar refractivity (Wildman–Crippen MR) is 141 cm³/mol. The van der Waals surface area contributed by atoms with Crippen LogP contribution in [0.5, 0.6) is 5.75 Å². The third-order valence-corrected chi connectivity index (χ3v) is 12.2. The van der Waals surface area contributed by atoms with Crippen LogP contribution in [0.3, 0.4) is 0 Å². The Morgan fingerprint density at radius 2 is 2.03 bits per heavy atom. The van der Waals surface area contributed by atoms with Crippen LogP contribution in [0.2, 0.25) is 0 Å². The van der Waals surface area contributed by atoms with Crippen LogP contribution in [0, 0.1) is 28.6 Å². The molecule has 8 rings (SSSR count). The van der Waals surface area contributed by atoms with Crippen LogP contribution in [0.4, 0.5) is 0 Å². The minimum atomic E-state index is -0.151. The van der Waals surface area contributed by atoms with Crippen LogP contribution in [0.15, 0.2) is 41.2 Å². The molecule has 37 heavy (non-hydrogen) atoms. The Morgan fingerprint density at radius 3 is 2.81 bits per heavy atom. The standard InChI is InChI=1S/C31H37N3O3/c1-29-17-30-15-22(29)26(33(3)28(37)23-5-4-6-25(36)32(23)2)27(29)31(30)11-12-34(16-18-7-8-18)24(30)13-19-9-10-20(35)14-21(19)31/h4-6,9-10,14,18,22,24,26-27,35H,7-8,11-13,15-17H2,1-3H3. The van der Waals surface area contributed by atoms with E-state index in [1.165, 1.54) is 47.6 Å². The minimum absolute atomic E-state index is 0.00465. The quantitative estimate of drug-likeness (QED) is 0.699. The molecule has 2 aromatic rings. The van der Waals surface area contributed by atoms with E-state index in [1.54, 1.807) is 19.2 Å². The average molecular weight is 500 g/mol. The number of likely N-dealkylation sites (tertiary alicyclic amines) is 1. The zero-order chi connectivity index (χ0) is 25.5. The lowest BCUT2D eigenvalue weighted by atomic mass is 9.35. The molecule has 0 radical (unpaired) electrons. The van der Waals surface area contributed by atoms with E-state index in [4.69, 9.17) is 0 Å². The van der Waals surface area contributed by atoms with Crippen molar-refractivity contribution in [2.75, 3.05) is 20.1 Å². The fourth-order valence-electron chi connectivity index (χ4n) is 10.8. The molecule has 2 heterocycles. The van der Waals surface area contributed by atoms with Gasteiger partial charge < -0.3 is 14.6 Å². The Balaban J connectivity index is 1.25. The second-order valence-corrected chi connectivity index (χ2v) is 13.6. The Labute approximate surface area is 218 Å². The molecule has 1 amide bonds. The van der Waals surface area contributed by atoms with E-state index in [0.717, 1.165) is 31.7 Å². The van der Waals surface area contributed by atoms with Gasteiger partial charge in [0.15, 0.2) is 0 Å². The average Bonchev–Trinajstić information content (AvgIpc) is 3.62. The monoisotopic (exact) mass is 499 g/mol. The van der Waals surface area contributed by atoms with Crippen LogP contribution in [-0.4, -0.2) is 57.6 Å². The largest absolute Gasteiger partial charge is 0.508 e. The van der Waals surface area contributed by atoms with E-state index in [9.17, 15) is 14.7 Å². The number of carbonyl (C=O) groups is 1. The molecule has 6 heteroatoms. The van der Waals surface area contributed by atoms with Gasteiger partial charge in [0, 0.05) is 44.2 Å². The van der Waals surface area contributed by atoms with Crippen molar-refractivity contribution in [1.29, 1.82) is 0 Å². The van der Waals surface area contributed by atoms with Crippen molar-refractivity contribution in [2.24, 2.45) is 35.6 Å². The topological polar surface area (TPSA) is 65.8 Å². The van der Waals surface area contributed by atoms with Crippen molar-refractivity contribution < 1.29 is 9.90 Å². The van der Waals surface area contributed by atoms with Gasteiger partial charge in [-0.1, -0.05) is 19.1 Å². The molecule has 1 aromatic heterocycles. The number of fused-ring (bicyclic) bond motifs is 1. The van der Waals surface area contributed by atoms with Crippen LogP contribution < -0.4 is 5.56 Å². The van der Waals surface area contributed by atoms with Crippen molar-refractivity contribution >= 4 is 5.91 Å². The molecule has 1 aliphatic heterocycles. The van der Waals surface area contributed by atoms with E-state index in [2.05, 4.69) is 24.0 Å². The molecule has 1 aromatic carbocycles. The lowest BCUT2D eigenvalue weighted by Crippen LogP contribution is -2.77. The maximum Gasteiger partial charge on any atom is 0.270 e. The van der Waals surface area contributed by atoms with E-state index in [1.807, 2.05) is 18.0 Å². The number of rotatable bonds is 4. The molecule has 6 aliphatic rings. The maximum atomic E-state index is 13.8. The summed E-state index contributed by atoms with van der Waals surface area (Å²) in [5, 5.41) is 10.7. The van der Waals surface area contributed by atoms with Crippen LogP contribution >= 0.6 is 0 Å². The normalized spacial score (nSPS) is 40.6. The molecule has 194 valence electrons. The molecule has 1 saturated heterocycles. The number of phenols is 1. The van der Waals surface area contributed by atoms with Crippen molar-refractivity contribution in [2.45, 2.75) is 62.9 Å². The lowest BCUT2D eigenvalue weighted by Gasteiger charge is -2.73. The highest BCUT2D eigenvalue weighted by Gasteiger charge is 2.87. The number of pyridine rings is 1. The molecule has 7 unspecified atom stereocenters. The van der Waals surface area contributed by atoms with Crippen molar-refractivity contribution in [3.05, 3.63) is 63.6 Å². The zero-order valence-corrected chi connectivity index (χ0v) is 22.1. The number of hydrogen-bond donors (Lipinski definition) is 1. The fraction of sp³-hybridized carbons (Fsp3) is 0.613. The number of aromatic nitrogens is 1. The Kier molecular flexibility index (Phi) is 4.16. The summed E-state index contributed by atoms with van der Waals surface area (Å²) in [5.41, 5.74) is 3.53. The van der Waals surface area contributed by atoms with Gasteiger partial charge in [-0.15, -0.1) is 0 Å². The predicted octanol–water partition coefficient (Wildman–Crippen LogP) is 3.56. The van der Waals surface area contributed by atoms with Gasteiger partial charge in [0.1, 0.15) is 11.4 Å². The maximum absolute atomic E-state index is 13.8. The highest BCUT2D eigenvalue weighted by Crippen LogP contribution is 2.87. The zero-order valence-electron chi connectivity index (χ0n) is 22.1. The van der Waals surface area contributed by atoms with E-state index in [-0.39, 0.29) is 33.8 Å². The molecular weight excluding hydrogens is 462 g/mol. The number of amides is 1. The molecule has 4 bridgehead atoms. The Morgan fingerprint density at radius 1 is 1.22 bits per heavy atom. The summed E-state index contributed by atoms with van der Waals surface area (Å²) in [6.07, 6.45) is 7.36. The van der Waals surface area contributed by atoms with Gasteiger partial charge in [-0.25, -0.2) is 0 Å². The number of aromatic hydroxyl groups is 1. The summed E-state index contributed by atoms with van der Waals surface area (Å²) in [5.74, 6) is 2.05. The fourth-order valence-corrected chi connectivity index (χ4v) is 10.8. The highest BCUT2D eigenvalue weighted by molar-refractivity contribution is 5.93. The Bertz CT molecular complexity index is 1410. The second-order valence-electron chi connectivity index (χ2n) is 13.6. The first-order valence-electron chi connectivity index (χ1n) is 14.2. The van der Waals surface area contributed by atoms with Crippen LogP contribution in [-0.2, 0) is 18.9 Å². The van der Waals surface area contributed by atoms with Crippen molar-refractivity contribution in [1.82, 2.24) is 14.4 Å². The minimum Gasteiger partial charge on any atom is -0.508 e. The lowest BCUT2D eigenvalue weighted by molar-refractivity contribution is -0.189. The number of piperidine rings is 1. The van der Waals surface area contributed by atoms with Gasteiger partial charge in [0.25, 0.3) is 11.5 Å². The first-order chi connectivity index (χ1) is 17.7. The van der Waals surface area contributed by atoms with Gasteiger partial charge in [0.2, 0.25) is 0 Å². The number of phenolic OH excluding ortho intramolecular Hbond substituents is 1. The first kappa shape index (κ1) is 22.4. The van der Waals surface area contributed by atoms with Gasteiger partial charge in [-0.3, -0.25) is 14.5 Å². The molecular formula is C31H37N3O3. The van der Waals surface area contributed by atoms with Crippen LogP contribution in [0.25, 0.3) is 0 Å². The molecule has 6 nitrogen and oxygen atoms in total. The Hall–Kier alpha value is -2.60. The molecule has 5 aliphatic carbocycles. The van der Waals surface area contributed by atoms with Crippen molar-refractivity contribution in [3.63, 3.8) is 0 Å².